The molecule has 0 saturated carbocycles. The molecule has 1 fully saturated rings. The second-order valence-corrected chi connectivity index (χ2v) is 4.60. The van der Waals surface area contributed by atoms with Crippen LogP contribution in [0.15, 0.2) is 12.4 Å². The maximum atomic E-state index is 12.1. The van der Waals surface area contributed by atoms with Gasteiger partial charge in [-0.25, -0.2) is 4.98 Å². The summed E-state index contributed by atoms with van der Waals surface area (Å²) in [7, 11) is 1.77. The van der Waals surface area contributed by atoms with E-state index in [0.29, 0.717) is 12.5 Å². The van der Waals surface area contributed by atoms with E-state index in [0.717, 1.165) is 26.1 Å². The fourth-order valence-corrected chi connectivity index (χ4v) is 2.10. The van der Waals surface area contributed by atoms with Gasteiger partial charge in [0.25, 0.3) is 5.91 Å². The van der Waals surface area contributed by atoms with Gasteiger partial charge >= 0.3 is 0 Å². The van der Waals surface area contributed by atoms with Gasteiger partial charge in [0.05, 0.1) is 19.0 Å². The lowest BCUT2D eigenvalue weighted by atomic mass is 10.0. The number of carbonyl (C=O) groups is 1. The molecule has 1 aliphatic heterocycles. The van der Waals surface area contributed by atoms with Gasteiger partial charge in [0.1, 0.15) is 11.5 Å². The van der Waals surface area contributed by atoms with Gasteiger partial charge in [-0.1, -0.05) is 0 Å². The van der Waals surface area contributed by atoms with Crippen LogP contribution in [-0.4, -0.2) is 47.6 Å². The van der Waals surface area contributed by atoms with E-state index >= 15 is 0 Å². The number of nitrogens with two attached hydrogens (primary N) is 1. The van der Waals surface area contributed by atoms with E-state index in [4.69, 9.17) is 10.5 Å². The number of aromatic nitrogens is 2. The summed E-state index contributed by atoms with van der Waals surface area (Å²) in [5.74, 6) is 0.511. The third-order valence-corrected chi connectivity index (χ3v) is 3.01. The van der Waals surface area contributed by atoms with Crippen molar-refractivity contribution in [3.8, 4) is 0 Å². The highest BCUT2D eigenvalue weighted by Crippen LogP contribution is 2.15. The number of carbonyl (C=O) groups excluding carboxylic acids is 1. The van der Waals surface area contributed by atoms with Crippen molar-refractivity contribution in [2.45, 2.75) is 12.8 Å². The molecule has 2 N–H and O–H groups in total. The lowest BCUT2D eigenvalue weighted by molar-refractivity contribution is 0.0386. The van der Waals surface area contributed by atoms with Crippen LogP contribution in [0.5, 0.6) is 0 Å². The summed E-state index contributed by atoms with van der Waals surface area (Å²) in [6.07, 6.45) is 5.02. The Morgan fingerprint density at radius 1 is 1.61 bits per heavy atom. The third-order valence-electron chi connectivity index (χ3n) is 3.01. The summed E-state index contributed by atoms with van der Waals surface area (Å²) < 4.78 is 5.40. The van der Waals surface area contributed by atoms with Crippen molar-refractivity contribution in [2.24, 2.45) is 5.92 Å². The zero-order chi connectivity index (χ0) is 13.0. The Labute approximate surface area is 106 Å². The van der Waals surface area contributed by atoms with Crippen LogP contribution < -0.4 is 5.73 Å². The lowest BCUT2D eigenvalue weighted by Gasteiger charge is -2.26. The molecule has 1 aromatic rings. The van der Waals surface area contributed by atoms with Gasteiger partial charge in [0, 0.05) is 20.2 Å². The number of nitrogens with zero attached hydrogens (tertiary/aromatic N) is 3. The minimum atomic E-state index is -0.152. The van der Waals surface area contributed by atoms with E-state index in [1.807, 2.05) is 0 Å². The van der Waals surface area contributed by atoms with Crippen LogP contribution in [0.2, 0.25) is 0 Å². The average molecular weight is 250 g/mol. The van der Waals surface area contributed by atoms with Crippen molar-refractivity contribution < 1.29 is 9.53 Å². The monoisotopic (exact) mass is 250 g/mol. The first-order valence-electron chi connectivity index (χ1n) is 6.07. The van der Waals surface area contributed by atoms with Crippen molar-refractivity contribution in [3.05, 3.63) is 18.1 Å². The van der Waals surface area contributed by atoms with E-state index in [2.05, 4.69) is 9.97 Å². The molecule has 18 heavy (non-hydrogen) atoms. The summed E-state index contributed by atoms with van der Waals surface area (Å²) in [5.41, 5.74) is 5.80. The lowest BCUT2D eigenvalue weighted by Crippen LogP contribution is -2.35. The van der Waals surface area contributed by atoms with Gasteiger partial charge in [-0.15, -0.1) is 0 Å². The maximum absolute atomic E-state index is 12.1. The first-order chi connectivity index (χ1) is 8.66. The molecule has 0 aromatic carbocycles. The normalized spacial score (nSPS) is 19.5. The number of amides is 1. The number of hydrogen-bond donors (Lipinski definition) is 1. The topological polar surface area (TPSA) is 81.3 Å². The number of anilines is 1. The van der Waals surface area contributed by atoms with Gasteiger partial charge in [0.2, 0.25) is 0 Å². The molecule has 0 aliphatic carbocycles. The molecule has 1 atom stereocenters. The summed E-state index contributed by atoms with van der Waals surface area (Å²) >= 11 is 0. The molecule has 0 spiro atoms. The zero-order valence-electron chi connectivity index (χ0n) is 10.5. The van der Waals surface area contributed by atoms with Crippen molar-refractivity contribution in [3.63, 3.8) is 0 Å². The van der Waals surface area contributed by atoms with Crippen LogP contribution in [0.1, 0.15) is 23.3 Å². The molecule has 6 heteroatoms. The van der Waals surface area contributed by atoms with E-state index in [9.17, 15) is 4.79 Å². The quantitative estimate of drug-likeness (QED) is 0.847. The standard InChI is InChI=1S/C12H18N4O2/c1-16(7-9-3-2-4-18-8-9)12(17)10-5-14-6-11(13)15-10/h5-6,9H,2-4,7-8H2,1H3,(H2,13,15). The molecular formula is C12H18N4O2. The van der Waals surface area contributed by atoms with Crippen molar-refractivity contribution in [1.82, 2.24) is 14.9 Å². The Bertz CT molecular complexity index is 418. The minimum Gasteiger partial charge on any atom is -0.382 e. The van der Waals surface area contributed by atoms with Crippen LogP contribution in [0, 0.1) is 5.92 Å². The molecule has 2 rings (SSSR count). The van der Waals surface area contributed by atoms with E-state index < -0.39 is 0 Å². The molecule has 6 nitrogen and oxygen atoms in total. The fourth-order valence-electron chi connectivity index (χ4n) is 2.10. The van der Waals surface area contributed by atoms with E-state index in [-0.39, 0.29) is 17.4 Å². The minimum absolute atomic E-state index is 0.152. The van der Waals surface area contributed by atoms with Crippen LogP contribution in [0.3, 0.4) is 0 Å². The number of hydrogen-bond acceptors (Lipinski definition) is 5. The molecule has 1 saturated heterocycles. The first kappa shape index (κ1) is 12.8. The summed E-state index contributed by atoms with van der Waals surface area (Å²) in [6.45, 7) is 2.23. The van der Waals surface area contributed by atoms with Crippen molar-refractivity contribution in [1.29, 1.82) is 0 Å². The summed E-state index contributed by atoms with van der Waals surface area (Å²) in [5, 5.41) is 0. The third kappa shape index (κ3) is 3.16. The Morgan fingerprint density at radius 2 is 2.44 bits per heavy atom. The van der Waals surface area contributed by atoms with Crippen LogP contribution in [-0.2, 0) is 4.74 Å². The Morgan fingerprint density at radius 3 is 3.11 bits per heavy atom. The predicted molar refractivity (Wildman–Crippen MR) is 66.9 cm³/mol. The van der Waals surface area contributed by atoms with E-state index in [1.165, 1.54) is 12.4 Å². The second kappa shape index (κ2) is 5.77. The number of ether oxygens (including phenoxy) is 1. The van der Waals surface area contributed by atoms with Gasteiger partial charge in [-0.05, 0) is 18.8 Å². The number of nitrogen functional groups attached to an aromatic ring is 1. The summed E-state index contributed by atoms with van der Waals surface area (Å²) in [6, 6.07) is 0. The Hall–Kier alpha value is -1.69. The molecule has 2 heterocycles. The van der Waals surface area contributed by atoms with Crippen LogP contribution in [0.4, 0.5) is 5.82 Å². The SMILES string of the molecule is CN(CC1CCCOC1)C(=O)c1cncc(N)n1. The van der Waals surface area contributed by atoms with Crippen LogP contribution in [0.25, 0.3) is 0 Å². The van der Waals surface area contributed by atoms with Gasteiger partial charge < -0.3 is 15.4 Å². The molecule has 98 valence electrons. The molecule has 0 bridgehead atoms. The molecule has 1 aliphatic rings. The van der Waals surface area contributed by atoms with Crippen molar-refractivity contribution >= 4 is 11.7 Å². The second-order valence-electron chi connectivity index (χ2n) is 4.60. The highest BCUT2D eigenvalue weighted by molar-refractivity contribution is 5.92. The zero-order valence-corrected chi connectivity index (χ0v) is 10.5. The average Bonchev–Trinajstić information content (AvgIpc) is 2.39. The highest BCUT2D eigenvalue weighted by Gasteiger charge is 2.20. The van der Waals surface area contributed by atoms with Gasteiger partial charge in [-0.2, -0.15) is 0 Å². The van der Waals surface area contributed by atoms with Gasteiger partial charge in [0.15, 0.2) is 0 Å². The fraction of sp³-hybridized carbons (Fsp3) is 0.583. The number of rotatable bonds is 3. The maximum Gasteiger partial charge on any atom is 0.273 e. The molecule has 1 aromatic heterocycles. The molecule has 0 radical (unpaired) electrons. The van der Waals surface area contributed by atoms with Crippen molar-refractivity contribution in [2.75, 3.05) is 32.5 Å². The Kier molecular flexibility index (Phi) is 4.09. The Balaban J connectivity index is 1.95. The van der Waals surface area contributed by atoms with Crippen LogP contribution >= 0.6 is 0 Å². The van der Waals surface area contributed by atoms with Gasteiger partial charge in [-0.3, -0.25) is 9.78 Å². The summed E-state index contributed by atoms with van der Waals surface area (Å²) in [4.78, 5) is 21.6. The molecule has 1 unspecified atom stereocenters. The smallest absolute Gasteiger partial charge is 0.273 e. The largest absolute Gasteiger partial charge is 0.382 e. The predicted octanol–water partition coefficient (Wildman–Crippen LogP) is 0.557. The van der Waals surface area contributed by atoms with E-state index in [1.54, 1.807) is 11.9 Å². The first-order valence-corrected chi connectivity index (χ1v) is 6.07. The highest BCUT2D eigenvalue weighted by atomic mass is 16.5. The molecular weight excluding hydrogens is 232 g/mol. The molecule has 1 amide bonds.